The van der Waals surface area contributed by atoms with Crippen LogP contribution in [0, 0.1) is 5.92 Å². The number of hydrogen-bond acceptors (Lipinski definition) is 3. The summed E-state index contributed by atoms with van der Waals surface area (Å²) in [7, 11) is 0. The first-order chi connectivity index (χ1) is 6.72. The summed E-state index contributed by atoms with van der Waals surface area (Å²) in [5, 5.41) is 17.9. The SMILES string of the molecule is CC(CO)CSCc1ccc(O)cc1. The van der Waals surface area contributed by atoms with Crippen LogP contribution in [0.15, 0.2) is 24.3 Å². The van der Waals surface area contributed by atoms with Crippen molar-refractivity contribution in [2.45, 2.75) is 12.7 Å². The zero-order valence-electron chi connectivity index (χ0n) is 8.31. The quantitative estimate of drug-likeness (QED) is 0.786. The average Bonchev–Trinajstić information content (AvgIpc) is 2.21. The number of benzene rings is 1. The fraction of sp³-hybridized carbons (Fsp3) is 0.455. The van der Waals surface area contributed by atoms with Crippen LogP contribution in [0.4, 0.5) is 0 Å². The zero-order valence-corrected chi connectivity index (χ0v) is 9.13. The Morgan fingerprint density at radius 3 is 2.50 bits per heavy atom. The van der Waals surface area contributed by atoms with Gasteiger partial charge in [0.05, 0.1) is 0 Å². The van der Waals surface area contributed by atoms with Gasteiger partial charge in [0, 0.05) is 12.4 Å². The number of aliphatic hydroxyl groups excluding tert-OH is 1. The molecule has 0 aromatic heterocycles. The van der Waals surface area contributed by atoms with Gasteiger partial charge < -0.3 is 10.2 Å². The first-order valence-corrected chi connectivity index (χ1v) is 5.84. The Morgan fingerprint density at radius 2 is 1.93 bits per heavy atom. The maximum Gasteiger partial charge on any atom is 0.115 e. The van der Waals surface area contributed by atoms with E-state index in [0.29, 0.717) is 11.7 Å². The molecule has 2 nitrogen and oxygen atoms in total. The molecule has 1 unspecified atom stereocenters. The molecule has 3 heteroatoms. The van der Waals surface area contributed by atoms with Crippen molar-refractivity contribution in [2.24, 2.45) is 5.92 Å². The lowest BCUT2D eigenvalue weighted by Crippen LogP contribution is -2.03. The van der Waals surface area contributed by atoms with Crippen molar-refractivity contribution in [1.82, 2.24) is 0 Å². The van der Waals surface area contributed by atoms with Gasteiger partial charge in [-0.3, -0.25) is 0 Å². The van der Waals surface area contributed by atoms with Crippen LogP contribution in [0.25, 0.3) is 0 Å². The topological polar surface area (TPSA) is 40.5 Å². The molecule has 14 heavy (non-hydrogen) atoms. The van der Waals surface area contributed by atoms with E-state index in [1.165, 1.54) is 5.56 Å². The molecule has 0 saturated heterocycles. The second kappa shape index (κ2) is 5.94. The normalized spacial score (nSPS) is 12.7. The van der Waals surface area contributed by atoms with Crippen molar-refractivity contribution in [3.8, 4) is 5.75 Å². The monoisotopic (exact) mass is 212 g/mol. The van der Waals surface area contributed by atoms with Gasteiger partial charge in [0.15, 0.2) is 0 Å². The van der Waals surface area contributed by atoms with Crippen LogP contribution in [0.5, 0.6) is 5.75 Å². The second-order valence-corrected chi connectivity index (χ2v) is 4.50. The molecule has 0 spiro atoms. The minimum absolute atomic E-state index is 0.253. The summed E-state index contributed by atoms with van der Waals surface area (Å²) in [6.45, 7) is 2.28. The van der Waals surface area contributed by atoms with Crippen molar-refractivity contribution in [3.05, 3.63) is 29.8 Å². The maximum atomic E-state index is 9.07. The van der Waals surface area contributed by atoms with Crippen LogP contribution in [-0.4, -0.2) is 22.6 Å². The minimum Gasteiger partial charge on any atom is -0.508 e. The van der Waals surface area contributed by atoms with Gasteiger partial charge in [-0.25, -0.2) is 0 Å². The molecule has 0 fully saturated rings. The summed E-state index contributed by atoms with van der Waals surface area (Å²) in [6, 6.07) is 7.24. The van der Waals surface area contributed by atoms with Gasteiger partial charge in [0.1, 0.15) is 5.75 Å². The van der Waals surface area contributed by atoms with E-state index in [0.717, 1.165) is 11.5 Å². The van der Waals surface area contributed by atoms with E-state index in [9.17, 15) is 0 Å². The number of aliphatic hydroxyl groups is 1. The van der Waals surface area contributed by atoms with Gasteiger partial charge >= 0.3 is 0 Å². The number of phenolic OH excluding ortho intramolecular Hbond substituents is 1. The van der Waals surface area contributed by atoms with Gasteiger partial charge in [-0.2, -0.15) is 11.8 Å². The molecule has 2 N–H and O–H groups in total. The number of thioether (sulfide) groups is 1. The Bertz CT molecular complexity index is 258. The molecule has 1 atom stereocenters. The number of hydrogen-bond donors (Lipinski definition) is 2. The van der Waals surface area contributed by atoms with Crippen LogP contribution in [0.3, 0.4) is 0 Å². The summed E-state index contributed by atoms with van der Waals surface area (Å²) < 4.78 is 0. The van der Waals surface area contributed by atoms with E-state index in [1.54, 1.807) is 23.9 Å². The number of phenols is 1. The molecule has 0 heterocycles. The summed E-state index contributed by atoms with van der Waals surface area (Å²) in [6.07, 6.45) is 0. The predicted octanol–water partition coefficient (Wildman–Crippen LogP) is 2.25. The first-order valence-electron chi connectivity index (χ1n) is 4.69. The Morgan fingerprint density at radius 1 is 1.29 bits per heavy atom. The molecular weight excluding hydrogens is 196 g/mol. The van der Waals surface area contributed by atoms with E-state index in [4.69, 9.17) is 10.2 Å². The maximum absolute atomic E-state index is 9.07. The van der Waals surface area contributed by atoms with Gasteiger partial charge in [-0.1, -0.05) is 19.1 Å². The van der Waals surface area contributed by atoms with Crippen LogP contribution < -0.4 is 0 Å². The molecule has 0 bridgehead atoms. The zero-order chi connectivity index (χ0) is 10.4. The molecule has 0 saturated carbocycles. The largest absolute Gasteiger partial charge is 0.508 e. The molecule has 78 valence electrons. The number of aromatic hydroxyl groups is 1. The third-order valence-electron chi connectivity index (χ3n) is 1.92. The highest BCUT2D eigenvalue weighted by atomic mass is 32.2. The van der Waals surface area contributed by atoms with E-state index < -0.39 is 0 Å². The fourth-order valence-corrected chi connectivity index (χ4v) is 2.08. The highest BCUT2D eigenvalue weighted by Crippen LogP contribution is 2.17. The number of rotatable bonds is 5. The lowest BCUT2D eigenvalue weighted by Gasteiger charge is -2.06. The third-order valence-corrected chi connectivity index (χ3v) is 3.26. The molecule has 1 aromatic rings. The van der Waals surface area contributed by atoms with Crippen molar-refractivity contribution in [2.75, 3.05) is 12.4 Å². The van der Waals surface area contributed by atoms with Gasteiger partial charge in [-0.05, 0) is 29.4 Å². The standard InChI is InChI=1S/C11H16O2S/c1-9(6-12)7-14-8-10-2-4-11(13)5-3-10/h2-5,9,12-13H,6-8H2,1H3. The van der Waals surface area contributed by atoms with E-state index in [2.05, 4.69) is 0 Å². The predicted molar refractivity (Wildman–Crippen MR) is 60.5 cm³/mol. The molecule has 0 aliphatic heterocycles. The molecule has 0 amide bonds. The smallest absolute Gasteiger partial charge is 0.115 e. The Balaban J connectivity index is 2.28. The lowest BCUT2D eigenvalue weighted by atomic mass is 10.2. The lowest BCUT2D eigenvalue weighted by molar-refractivity contribution is 0.250. The fourth-order valence-electron chi connectivity index (χ4n) is 1.02. The molecule has 0 aliphatic carbocycles. The van der Waals surface area contributed by atoms with Gasteiger partial charge in [0.25, 0.3) is 0 Å². The van der Waals surface area contributed by atoms with Gasteiger partial charge in [-0.15, -0.1) is 0 Å². The van der Waals surface area contributed by atoms with Crippen molar-refractivity contribution >= 4 is 11.8 Å². The summed E-state index contributed by atoms with van der Waals surface area (Å²) in [4.78, 5) is 0. The van der Waals surface area contributed by atoms with Gasteiger partial charge in [0.2, 0.25) is 0 Å². The Labute approximate surface area is 89.0 Å². The highest BCUT2D eigenvalue weighted by Gasteiger charge is 2.00. The summed E-state index contributed by atoms with van der Waals surface area (Å²) in [5.74, 6) is 2.57. The highest BCUT2D eigenvalue weighted by molar-refractivity contribution is 7.98. The second-order valence-electron chi connectivity index (χ2n) is 3.47. The third kappa shape index (κ3) is 4.03. The molecular formula is C11H16O2S. The average molecular weight is 212 g/mol. The Hall–Kier alpha value is -0.670. The van der Waals surface area contributed by atoms with Crippen LogP contribution in [0.1, 0.15) is 12.5 Å². The summed E-state index contributed by atoms with van der Waals surface area (Å²) in [5.41, 5.74) is 1.21. The molecule has 1 aromatic carbocycles. The molecule has 0 radical (unpaired) electrons. The summed E-state index contributed by atoms with van der Waals surface area (Å²) >= 11 is 1.80. The first kappa shape index (κ1) is 11.4. The van der Waals surface area contributed by atoms with Crippen LogP contribution in [-0.2, 0) is 5.75 Å². The van der Waals surface area contributed by atoms with E-state index in [1.807, 2.05) is 19.1 Å². The van der Waals surface area contributed by atoms with Crippen molar-refractivity contribution < 1.29 is 10.2 Å². The molecule has 1 rings (SSSR count). The van der Waals surface area contributed by atoms with E-state index >= 15 is 0 Å². The van der Waals surface area contributed by atoms with Crippen molar-refractivity contribution in [3.63, 3.8) is 0 Å². The van der Waals surface area contributed by atoms with E-state index in [-0.39, 0.29) is 6.61 Å². The van der Waals surface area contributed by atoms with Crippen LogP contribution in [0.2, 0.25) is 0 Å². The molecule has 0 aliphatic rings. The Kier molecular flexibility index (Phi) is 4.84. The minimum atomic E-state index is 0.253. The van der Waals surface area contributed by atoms with Crippen LogP contribution >= 0.6 is 11.8 Å². The van der Waals surface area contributed by atoms with Crippen molar-refractivity contribution in [1.29, 1.82) is 0 Å².